The zero-order chi connectivity index (χ0) is 27.3. The molecule has 0 bridgehead atoms. The maximum absolute atomic E-state index is 12.3. The lowest BCUT2D eigenvalue weighted by molar-refractivity contribution is 0.0636. The van der Waals surface area contributed by atoms with E-state index in [1.165, 1.54) is 12.1 Å². The molecule has 0 aliphatic heterocycles. The van der Waals surface area contributed by atoms with Crippen LogP contribution in [0.25, 0.3) is 22.2 Å². The Hall–Kier alpha value is -3.95. The van der Waals surface area contributed by atoms with E-state index in [4.69, 9.17) is 18.6 Å². The summed E-state index contributed by atoms with van der Waals surface area (Å²) in [5.41, 5.74) is 3.49. The number of pyridine rings is 1. The first-order valence-corrected chi connectivity index (χ1v) is 13.5. The Morgan fingerprint density at radius 3 is 2.29 bits per heavy atom. The van der Waals surface area contributed by atoms with Crippen LogP contribution < -0.4 is 10.1 Å². The van der Waals surface area contributed by atoms with E-state index >= 15 is 0 Å². The number of nitrogens with one attached hydrogen (secondary N) is 1. The topological polar surface area (TPSA) is 104 Å². The molecule has 38 heavy (non-hydrogen) atoms. The highest BCUT2D eigenvalue weighted by molar-refractivity contribution is 7.86. The molecule has 4 aromatic rings. The molecule has 9 heteroatoms. The molecule has 198 valence electrons. The van der Waals surface area contributed by atoms with Gasteiger partial charge in [-0.1, -0.05) is 35.9 Å². The summed E-state index contributed by atoms with van der Waals surface area (Å²) in [6.45, 7) is 7.28. The van der Waals surface area contributed by atoms with Crippen molar-refractivity contribution in [1.29, 1.82) is 0 Å². The van der Waals surface area contributed by atoms with Gasteiger partial charge in [-0.3, -0.25) is 9.50 Å². The lowest BCUT2D eigenvalue weighted by Crippen LogP contribution is -2.27. The van der Waals surface area contributed by atoms with Gasteiger partial charge in [-0.2, -0.15) is 8.42 Å². The molecule has 0 aliphatic carbocycles. The average Bonchev–Trinajstić information content (AvgIpc) is 2.86. The van der Waals surface area contributed by atoms with Crippen LogP contribution in [0.3, 0.4) is 0 Å². The molecule has 0 spiro atoms. The number of hydrogen-bond acceptors (Lipinski definition) is 7. The quantitative estimate of drug-likeness (QED) is 0.208. The summed E-state index contributed by atoms with van der Waals surface area (Å²) in [5.74, 6) is 0.584. The van der Waals surface area contributed by atoms with E-state index in [1.54, 1.807) is 30.3 Å². The fourth-order valence-corrected chi connectivity index (χ4v) is 4.47. The number of ether oxygens (including phenoxy) is 2. The second-order valence-corrected chi connectivity index (χ2v) is 11.3. The van der Waals surface area contributed by atoms with E-state index in [9.17, 15) is 13.2 Å². The molecule has 8 nitrogen and oxygen atoms in total. The van der Waals surface area contributed by atoms with Crippen molar-refractivity contribution in [3.63, 3.8) is 0 Å². The number of benzene rings is 3. The van der Waals surface area contributed by atoms with E-state index in [1.807, 2.05) is 64.1 Å². The molecule has 0 atom stereocenters. The number of carbonyl (C=O) groups is 1. The number of nitrogens with zero attached hydrogens (tertiary/aromatic N) is 1. The fraction of sp³-hybridized carbons (Fsp3) is 0.241. The lowest BCUT2D eigenvalue weighted by atomic mass is 10.1. The van der Waals surface area contributed by atoms with Crippen LogP contribution in [0, 0.1) is 6.92 Å². The zero-order valence-electron chi connectivity index (χ0n) is 21.7. The smallest absolute Gasteiger partial charge is 0.412 e. The summed E-state index contributed by atoms with van der Waals surface area (Å²) < 4.78 is 40.6. The van der Waals surface area contributed by atoms with Gasteiger partial charge in [-0.25, -0.2) is 9.78 Å². The minimum atomic E-state index is -3.83. The van der Waals surface area contributed by atoms with Gasteiger partial charge in [-0.05, 0) is 76.2 Å². The lowest BCUT2D eigenvalue weighted by Gasteiger charge is -2.19. The third kappa shape index (κ3) is 7.30. The Balaban J connectivity index is 1.34. The van der Waals surface area contributed by atoms with E-state index in [2.05, 4.69) is 5.32 Å². The van der Waals surface area contributed by atoms with E-state index < -0.39 is 21.8 Å². The first-order valence-electron chi connectivity index (χ1n) is 12.1. The van der Waals surface area contributed by atoms with Crippen molar-refractivity contribution in [3.05, 3.63) is 84.4 Å². The number of carbonyl (C=O) groups excluding carboxylic acids is 1. The van der Waals surface area contributed by atoms with Crippen LogP contribution in [0.4, 0.5) is 10.5 Å². The molecule has 0 aliphatic rings. The Morgan fingerprint density at radius 2 is 1.61 bits per heavy atom. The van der Waals surface area contributed by atoms with Crippen LogP contribution in [0.5, 0.6) is 5.75 Å². The van der Waals surface area contributed by atoms with Crippen LogP contribution in [-0.2, 0) is 19.0 Å². The Bertz CT molecular complexity index is 1530. The minimum Gasteiger partial charge on any atom is -0.491 e. The summed E-state index contributed by atoms with van der Waals surface area (Å²) in [6, 6.07) is 23.1. The van der Waals surface area contributed by atoms with Gasteiger partial charge < -0.3 is 9.47 Å². The number of anilines is 1. The molecule has 1 N–H and O–H groups in total. The van der Waals surface area contributed by atoms with Gasteiger partial charge in [0.15, 0.2) is 0 Å². The van der Waals surface area contributed by atoms with Crippen LogP contribution >= 0.6 is 0 Å². The molecule has 1 heterocycles. The van der Waals surface area contributed by atoms with Gasteiger partial charge >= 0.3 is 6.09 Å². The maximum atomic E-state index is 12.3. The summed E-state index contributed by atoms with van der Waals surface area (Å²) in [4.78, 5) is 16.8. The van der Waals surface area contributed by atoms with Crippen LogP contribution in [0.2, 0.25) is 0 Å². The van der Waals surface area contributed by atoms with Gasteiger partial charge in [0.2, 0.25) is 0 Å². The molecule has 0 saturated heterocycles. The van der Waals surface area contributed by atoms with Gasteiger partial charge in [0.1, 0.15) is 24.6 Å². The van der Waals surface area contributed by atoms with Crippen molar-refractivity contribution in [3.8, 4) is 17.0 Å². The van der Waals surface area contributed by atoms with Crippen LogP contribution in [0.1, 0.15) is 26.3 Å². The minimum absolute atomic E-state index is 0.0752. The van der Waals surface area contributed by atoms with E-state index in [0.29, 0.717) is 11.4 Å². The molecular weight excluding hydrogens is 504 g/mol. The molecular formula is C29H30N2O6S. The van der Waals surface area contributed by atoms with Gasteiger partial charge in [-0.15, -0.1) is 0 Å². The van der Waals surface area contributed by atoms with Crippen molar-refractivity contribution in [2.75, 3.05) is 18.5 Å². The largest absolute Gasteiger partial charge is 0.491 e. The number of aryl methyl sites for hydroxylation is 1. The van der Waals surface area contributed by atoms with Gasteiger partial charge in [0.25, 0.3) is 10.1 Å². The molecule has 0 saturated carbocycles. The molecule has 0 radical (unpaired) electrons. The molecule has 1 amide bonds. The van der Waals surface area contributed by atoms with Crippen molar-refractivity contribution in [2.24, 2.45) is 0 Å². The molecule has 3 aromatic carbocycles. The third-order valence-electron chi connectivity index (χ3n) is 5.39. The predicted octanol–water partition coefficient (Wildman–Crippen LogP) is 6.34. The Morgan fingerprint density at radius 1 is 0.895 bits per heavy atom. The second kappa shape index (κ2) is 11.2. The summed E-state index contributed by atoms with van der Waals surface area (Å²) in [5, 5.41) is 3.59. The van der Waals surface area contributed by atoms with E-state index in [-0.39, 0.29) is 18.1 Å². The molecule has 4 rings (SSSR count). The molecule has 0 fully saturated rings. The molecule has 1 aromatic heterocycles. The SMILES string of the molecule is Cc1ccc(S(=O)(=O)OCCOc2ccc3nc(-c4ccc(NC(=O)OC(C)(C)C)cc4)ccc3c2)cc1. The first-order chi connectivity index (χ1) is 18.0. The number of amides is 1. The maximum Gasteiger partial charge on any atom is 0.412 e. The normalized spacial score (nSPS) is 11.8. The standard InChI is InChI=1S/C29H30N2O6S/c1-20-5-13-25(14-6-20)38(33,34)36-18-17-35-24-12-16-27-22(19-24)9-15-26(31-27)21-7-10-23(11-8-21)30-28(32)37-29(2,3)4/h5-16,19H,17-18H2,1-4H3,(H,30,32). The Labute approximate surface area is 222 Å². The zero-order valence-corrected chi connectivity index (χ0v) is 22.5. The number of hydrogen-bond donors (Lipinski definition) is 1. The fourth-order valence-electron chi connectivity index (χ4n) is 3.58. The first kappa shape index (κ1) is 27.1. The highest BCUT2D eigenvalue weighted by Crippen LogP contribution is 2.25. The highest BCUT2D eigenvalue weighted by Gasteiger charge is 2.16. The summed E-state index contributed by atoms with van der Waals surface area (Å²) in [7, 11) is -3.83. The number of rotatable bonds is 8. The number of fused-ring (bicyclic) bond motifs is 1. The van der Waals surface area contributed by atoms with Crippen LogP contribution in [-0.4, -0.2) is 38.3 Å². The second-order valence-electron chi connectivity index (χ2n) is 9.69. The highest BCUT2D eigenvalue weighted by atomic mass is 32.2. The van der Waals surface area contributed by atoms with Gasteiger partial charge in [0, 0.05) is 16.6 Å². The van der Waals surface area contributed by atoms with Gasteiger partial charge in [0.05, 0.1) is 16.1 Å². The summed E-state index contributed by atoms with van der Waals surface area (Å²) in [6.07, 6.45) is -0.508. The van der Waals surface area contributed by atoms with Crippen molar-refractivity contribution in [2.45, 2.75) is 38.2 Å². The Kier molecular flexibility index (Phi) is 7.99. The molecule has 0 unspecified atom stereocenters. The van der Waals surface area contributed by atoms with Crippen LogP contribution in [0.15, 0.2) is 83.8 Å². The predicted molar refractivity (Wildman–Crippen MR) is 147 cm³/mol. The van der Waals surface area contributed by atoms with Crippen molar-refractivity contribution < 1.29 is 26.9 Å². The van der Waals surface area contributed by atoms with Crippen molar-refractivity contribution >= 4 is 32.8 Å². The summed E-state index contributed by atoms with van der Waals surface area (Å²) >= 11 is 0. The number of aromatic nitrogens is 1. The monoisotopic (exact) mass is 534 g/mol. The third-order valence-corrected chi connectivity index (χ3v) is 6.71. The average molecular weight is 535 g/mol. The van der Waals surface area contributed by atoms with E-state index in [0.717, 1.165) is 27.7 Å². The van der Waals surface area contributed by atoms with Crippen molar-refractivity contribution in [1.82, 2.24) is 4.98 Å².